The smallest absolute Gasteiger partial charge is 0.358 e. The van der Waals surface area contributed by atoms with E-state index in [0.29, 0.717) is 5.69 Å². The molecule has 1 N–H and O–H groups in total. The van der Waals surface area contributed by atoms with Crippen molar-refractivity contribution in [2.75, 3.05) is 4.90 Å². The molecule has 6 nitrogen and oxygen atoms in total. The molecule has 6 heteroatoms. The molecule has 108 valence electrons. The first-order chi connectivity index (χ1) is 10.8. The minimum Gasteiger partial charge on any atom is -0.476 e. The van der Waals surface area contributed by atoms with Gasteiger partial charge in [0.25, 0.3) is 0 Å². The Kier molecular flexibility index (Phi) is 3.74. The Balaban J connectivity index is 2.21. The largest absolute Gasteiger partial charge is 0.476 e. The van der Waals surface area contributed by atoms with Crippen LogP contribution in [0.5, 0.6) is 0 Å². The van der Waals surface area contributed by atoms with Crippen LogP contribution in [0.15, 0.2) is 67.3 Å². The lowest BCUT2D eigenvalue weighted by Gasteiger charge is -2.24. The fraction of sp³-hybridized carbons (Fsp3) is 0. The van der Waals surface area contributed by atoms with E-state index in [2.05, 4.69) is 15.0 Å². The van der Waals surface area contributed by atoms with Gasteiger partial charge in [-0.05, 0) is 24.3 Å². The van der Waals surface area contributed by atoms with Crippen LogP contribution in [0.4, 0.5) is 17.2 Å². The summed E-state index contributed by atoms with van der Waals surface area (Å²) in [7, 11) is 0. The summed E-state index contributed by atoms with van der Waals surface area (Å²) in [6, 6.07) is 13.0. The lowest BCUT2D eigenvalue weighted by atomic mass is 10.2. The molecule has 0 bridgehead atoms. The summed E-state index contributed by atoms with van der Waals surface area (Å²) in [4.78, 5) is 25.4. The van der Waals surface area contributed by atoms with E-state index < -0.39 is 5.97 Å². The highest BCUT2D eigenvalue weighted by Crippen LogP contribution is 2.33. The number of para-hydroxylation sites is 1. The number of carbonyl (C=O) groups is 1. The zero-order valence-electron chi connectivity index (χ0n) is 11.5. The number of anilines is 3. The van der Waals surface area contributed by atoms with Gasteiger partial charge in [0, 0.05) is 24.3 Å². The van der Waals surface area contributed by atoms with E-state index in [-0.39, 0.29) is 11.5 Å². The maximum Gasteiger partial charge on any atom is 0.358 e. The van der Waals surface area contributed by atoms with Crippen LogP contribution in [0.2, 0.25) is 0 Å². The molecule has 22 heavy (non-hydrogen) atoms. The normalized spacial score (nSPS) is 10.2. The minimum atomic E-state index is -1.13. The average Bonchev–Trinajstić information content (AvgIpc) is 2.57. The van der Waals surface area contributed by atoms with Crippen LogP contribution in [0.3, 0.4) is 0 Å². The molecular formula is C16H12N4O2. The summed E-state index contributed by atoms with van der Waals surface area (Å²) in [5, 5.41) is 9.36. The number of rotatable bonds is 4. The van der Waals surface area contributed by atoms with Gasteiger partial charge in [0.2, 0.25) is 0 Å². The molecule has 2 heterocycles. The number of carboxylic acid groups (broad SMARTS) is 1. The second kappa shape index (κ2) is 6.01. The van der Waals surface area contributed by atoms with Crippen LogP contribution >= 0.6 is 0 Å². The Morgan fingerprint density at radius 2 is 1.64 bits per heavy atom. The van der Waals surface area contributed by atoms with Crippen LogP contribution < -0.4 is 4.90 Å². The molecule has 0 spiro atoms. The Bertz CT molecular complexity index is 739. The van der Waals surface area contributed by atoms with Crippen LogP contribution in [0, 0.1) is 0 Å². The van der Waals surface area contributed by atoms with E-state index >= 15 is 0 Å². The second-order valence-corrected chi connectivity index (χ2v) is 4.42. The molecule has 0 aliphatic rings. The first-order valence-corrected chi connectivity index (χ1v) is 6.57. The molecule has 3 aromatic rings. The van der Waals surface area contributed by atoms with E-state index in [1.165, 1.54) is 12.4 Å². The number of carboxylic acids is 1. The van der Waals surface area contributed by atoms with Crippen molar-refractivity contribution in [3.05, 3.63) is 72.9 Å². The monoisotopic (exact) mass is 292 g/mol. The topological polar surface area (TPSA) is 79.2 Å². The Labute approximate surface area is 126 Å². The Hall–Kier alpha value is -3.28. The third-order valence-electron chi connectivity index (χ3n) is 3.01. The summed E-state index contributed by atoms with van der Waals surface area (Å²) in [6.45, 7) is 0. The van der Waals surface area contributed by atoms with Crippen molar-refractivity contribution >= 4 is 23.2 Å². The van der Waals surface area contributed by atoms with Crippen molar-refractivity contribution in [1.29, 1.82) is 0 Å². The molecule has 0 aliphatic heterocycles. The summed E-state index contributed by atoms with van der Waals surface area (Å²) < 4.78 is 0. The van der Waals surface area contributed by atoms with Gasteiger partial charge in [0.15, 0.2) is 11.5 Å². The molecule has 0 radical (unpaired) electrons. The van der Waals surface area contributed by atoms with Crippen LogP contribution in [0.1, 0.15) is 10.5 Å². The lowest BCUT2D eigenvalue weighted by Crippen LogP contribution is -2.17. The zero-order chi connectivity index (χ0) is 15.4. The summed E-state index contributed by atoms with van der Waals surface area (Å²) >= 11 is 0. The number of benzene rings is 1. The summed E-state index contributed by atoms with van der Waals surface area (Å²) in [5.74, 6) is -0.887. The maximum absolute atomic E-state index is 11.4. The number of nitrogens with zero attached hydrogens (tertiary/aromatic N) is 4. The van der Waals surface area contributed by atoms with Crippen LogP contribution in [0.25, 0.3) is 0 Å². The predicted molar refractivity (Wildman–Crippen MR) is 81.5 cm³/mol. The van der Waals surface area contributed by atoms with Gasteiger partial charge >= 0.3 is 5.97 Å². The fourth-order valence-corrected chi connectivity index (χ4v) is 2.10. The Morgan fingerprint density at radius 3 is 2.32 bits per heavy atom. The first kappa shape index (κ1) is 13.7. The highest BCUT2D eigenvalue weighted by Gasteiger charge is 2.21. The molecule has 0 fully saturated rings. The molecule has 1 aromatic carbocycles. The minimum absolute atomic E-state index is 0.116. The van der Waals surface area contributed by atoms with Gasteiger partial charge in [0.05, 0.1) is 11.9 Å². The van der Waals surface area contributed by atoms with Gasteiger partial charge in [-0.25, -0.2) is 14.8 Å². The molecular weight excluding hydrogens is 280 g/mol. The maximum atomic E-state index is 11.4. The van der Waals surface area contributed by atoms with E-state index in [0.717, 1.165) is 5.69 Å². The molecule has 0 atom stereocenters. The first-order valence-electron chi connectivity index (χ1n) is 6.57. The van der Waals surface area contributed by atoms with E-state index in [9.17, 15) is 9.90 Å². The number of aromatic nitrogens is 3. The quantitative estimate of drug-likeness (QED) is 0.796. The van der Waals surface area contributed by atoms with Crippen LogP contribution in [-0.4, -0.2) is 26.0 Å². The highest BCUT2D eigenvalue weighted by molar-refractivity contribution is 5.94. The van der Waals surface area contributed by atoms with Crippen molar-refractivity contribution in [3.63, 3.8) is 0 Å². The third-order valence-corrected chi connectivity index (χ3v) is 3.01. The van der Waals surface area contributed by atoms with Crippen LogP contribution in [-0.2, 0) is 0 Å². The molecule has 0 amide bonds. The fourth-order valence-electron chi connectivity index (χ4n) is 2.10. The zero-order valence-corrected chi connectivity index (χ0v) is 11.5. The van der Waals surface area contributed by atoms with Crippen molar-refractivity contribution in [1.82, 2.24) is 15.0 Å². The van der Waals surface area contributed by atoms with E-state index in [4.69, 9.17) is 0 Å². The van der Waals surface area contributed by atoms with Gasteiger partial charge < -0.3 is 5.11 Å². The number of pyridine rings is 1. The Morgan fingerprint density at radius 1 is 0.909 bits per heavy atom. The van der Waals surface area contributed by atoms with Gasteiger partial charge in [-0.15, -0.1) is 0 Å². The van der Waals surface area contributed by atoms with Crippen molar-refractivity contribution < 1.29 is 9.90 Å². The van der Waals surface area contributed by atoms with E-state index in [1.54, 1.807) is 23.4 Å². The molecule has 0 unspecified atom stereocenters. The van der Waals surface area contributed by atoms with Gasteiger partial charge in [-0.3, -0.25) is 9.88 Å². The van der Waals surface area contributed by atoms with Gasteiger partial charge in [-0.2, -0.15) is 0 Å². The number of hydrogen-bond donors (Lipinski definition) is 1. The summed E-state index contributed by atoms with van der Waals surface area (Å²) in [6.07, 6.45) is 6.13. The van der Waals surface area contributed by atoms with Crippen molar-refractivity contribution in [2.24, 2.45) is 0 Å². The average molecular weight is 292 g/mol. The predicted octanol–water partition coefficient (Wildman–Crippen LogP) is 3.04. The van der Waals surface area contributed by atoms with Crippen molar-refractivity contribution in [3.8, 4) is 0 Å². The number of hydrogen-bond acceptors (Lipinski definition) is 5. The molecule has 0 saturated carbocycles. The van der Waals surface area contributed by atoms with Gasteiger partial charge in [-0.1, -0.05) is 18.2 Å². The number of aromatic carboxylic acids is 1. The summed E-state index contributed by atoms with van der Waals surface area (Å²) in [5.41, 5.74) is 1.37. The SMILES string of the molecule is O=C(O)c1nccnc1N(c1ccccc1)c1cccnc1. The van der Waals surface area contributed by atoms with Gasteiger partial charge in [0.1, 0.15) is 0 Å². The third kappa shape index (κ3) is 2.62. The van der Waals surface area contributed by atoms with E-state index in [1.807, 2.05) is 36.4 Å². The molecule has 3 rings (SSSR count). The highest BCUT2D eigenvalue weighted by atomic mass is 16.4. The van der Waals surface area contributed by atoms with Crippen molar-refractivity contribution in [2.45, 2.75) is 0 Å². The second-order valence-electron chi connectivity index (χ2n) is 4.42. The molecule has 0 saturated heterocycles. The standard InChI is InChI=1S/C16H12N4O2/c21-16(22)14-15(19-10-9-18-14)20(12-5-2-1-3-6-12)13-7-4-8-17-11-13/h1-11H,(H,21,22). The lowest BCUT2D eigenvalue weighted by molar-refractivity contribution is 0.0691. The molecule has 2 aromatic heterocycles. The molecule has 0 aliphatic carbocycles.